The number of nitro benzene ring substituents is 1. The van der Waals surface area contributed by atoms with Crippen LogP contribution in [0.25, 0.3) is 0 Å². The van der Waals surface area contributed by atoms with Crippen LogP contribution < -0.4 is 10.6 Å². The van der Waals surface area contributed by atoms with Crippen LogP contribution in [0.4, 0.5) is 10.7 Å². The molecule has 0 spiro atoms. The molecule has 0 radical (unpaired) electrons. The van der Waals surface area contributed by atoms with Crippen molar-refractivity contribution >= 4 is 33.8 Å². The number of esters is 1. The minimum Gasteiger partial charge on any atom is -0.462 e. The third-order valence-electron chi connectivity index (χ3n) is 7.19. The van der Waals surface area contributed by atoms with Gasteiger partial charge in [-0.05, 0) is 56.6 Å². The lowest BCUT2D eigenvalue weighted by molar-refractivity contribution is -0.384. The topological polar surface area (TPSA) is 140 Å². The van der Waals surface area contributed by atoms with Gasteiger partial charge in [0.15, 0.2) is 5.78 Å². The molecule has 5 rings (SSSR count). The quantitative estimate of drug-likeness (QED) is 0.331. The molecule has 0 amide bonds. The lowest BCUT2D eigenvalue weighted by Crippen LogP contribution is -2.39. The van der Waals surface area contributed by atoms with E-state index in [1.54, 1.807) is 24.0 Å². The van der Waals surface area contributed by atoms with Crippen LogP contribution in [0.5, 0.6) is 0 Å². The number of Topliss-reactive ketones (excluding diaryl/α,β-unsaturated/α-hetero) is 1. The van der Waals surface area contributed by atoms with Crippen molar-refractivity contribution in [2.24, 2.45) is 5.73 Å². The van der Waals surface area contributed by atoms with E-state index in [-0.39, 0.29) is 29.5 Å². The summed E-state index contributed by atoms with van der Waals surface area (Å²) >= 11 is 1.48. The highest BCUT2D eigenvalue weighted by molar-refractivity contribution is 7.16. The number of carbonyl (C=O) groups excluding carboxylic acids is 2. The van der Waals surface area contributed by atoms with E-state index in [0.29, 0.717) is 46.7 Å². The number of nitro groups is 1. The lowest BCUT2D eigenvalue weighted by atomic mass is 9.75. The average molecular weight is 519 g/mol. The van der Waals surface area contributed by atoms with E-state index in [9.17, 15) is 25.0 Å². The number of ether oxygens (including phenoxy) is 1. The molecular weight excluding hydrogens is 492 g/mol. The highest BCUT2D eigenvalue weighted by Crippen LogP contribution is 2.50. The van der Waals surface area contributed by atoms with Crippen LogP contribution >= 0.6 is 11.3 Å². The van der Waals surface area contributed by atoms with Gasteiger partial charge in [-0.3, -0.25) is 19.8 Å². The standard InChI is InChI=1S/C27H26N4O5S/c1-2-36-27(33)23-17-6-3-4-9-21(17)37-26(23)30-19-7-5-8-20(32)24(19)22(18(14-28)25(30)29)15-10-12-16(13-11-15)31(34)35/h10-13,22H,2-9,29H2,1H3/t22-/m0/s1. The van der Waals surface area contributed by atoms with Crippen molar-refractivity contribution in [3.8, 4) is 6.07 Å². The summed E-state index contributed by atoms with van der Waals surface area (Å²) < 4.78 is 5.43. The number of rotatable bonds is 5. The monoisotopic (exact) mass is 518 g/mol. The van der Waals surface area contributed by atoms with Gasteiger partial charge >= 0.3 is 5.97 Å². The third kappa shape index (κ3) is 4.09. The zero-order valence-corrected chi connectivity index (χ0v) is 21.2. The number of ketones is 1. The van der Waals surface area contributed by atoms with Gasteiger partial charge in [0, 0.05) is 34.7 Å². The van der Waals surface area contributed by atoms with Gasteiger partial charge in [-0.2, -0.15) is 5.26 Å². The average Bonchev–Trinajstić information content (AvgIpc) is 3.27. The molecule has 2 aromatic rings. The molecule has 0 fully saturated rings. The number of nitrogens with two attached hydrogens (primary N) is 1. The van der Waals surface area contributed by atoms with Gasteiger partial charge in [0.25, 0.3) is 5.69 Å². The van der Waals surface area contributed by atoms with Gasteiger partial charge in [-0.1, -0.05) is 12.1 Å². The van der Waals surface area contributed by atoms with E-state index in [2.05, 4.69) is 6.07 Å². The Kier molecular flexibility index (Phi) is 6.56. The predicted octanol–water partition coefficient (Wildman–Crippen LogP) is 5.02. The summed E-state index contributed by atoms with van der Waals surface area (Å²) in [6, 6.07) is 8.09. The molecule has 2 N–H and O–H groups in total. The second-order valence-electron chi connectivity index (χ2n) is 9.28. The Bertz CT molecular complexity index is 1410. The molecule has 0 saturated heterocycles. The molecule has 37 heavy (non-hydrogen) atoms. The van der Waals surface area contributed by atoms with Crippen molar-refractivity contribution in [2.45, 2.75) is 57.8 Å². The van der Waals surface area contributed by atoms with Crippen molar-refractivity contribution < 1.29 is 19.2 Å². The van der Waals surface area contributed by atoms with Crippen LogP contribution in [-0.2, 0) is 22.4 Å². The second kappa shape index (κ2) is 9.82. The number of allylic oxidation sites excluding steroid dienone is 3. The second-order valence-corrected chi connectivity index (χ2v) is 10.4. The molecule has 1 aromatic heterocycles. The molecular formula is C27H26N4O5S. The van der Waals surface area contributed by atoms with Crippen molar-refractivity contribution in [2.75, 3.05) is 11.5 Å². The molecule has 0 bridgehead atoms. The van der Waals surface area contributed by atoms with Crippen LogP contribution in [0, 0.1) is 21.4 Å². The number of nitrogens with zero attached hydrogens (tertiary/aromatic N) is 3. The van der Waals surface area contributed by atoms with Gasteiger partial charge in [-0.25, -0.2) is 4.79 Å². The van der Waals surface area contributed by atoms with E-state index in [0.717, 1.165) is 36.1 Å². The first kappa shape index (κ1) is 24.7. The van der Waals surface area contributed by atoms with Gasteiger partial charge in [0.2, 0.25) is 0 Å². The van der Waals surface area contributed by atoms with Crippen LogP contribution in [0.2, 0.25) is 0 Å². The zero-order valence-electron chi connectivity index (χ0n) is 20.4. The summed E-state index contributed by atoms with van der Waals surface area (Å²) in [5.41, 5.74) is 9.99. The SMILES string of the molecule is CCOC(=O)c1c(N2C(N)=C(C#N)[C@H](c3ccc([N+](=O)[O-])cc3)C3=C2CCCC3=O)sc2c1CCCC2. The fourth-order valence-corrected chi connectivity index (χ4v) is 6.98. The number of fused-ring (bicyclic) bond motifs is 1. The summed E-state index contributed by atoms with van der Waals surface area (Å²) in [6.45, 7) is 1.99. The molecule has 0 unspecified atom stereocenters. The Labute approximate surface area is 218 Å². The third-order valence-corrected chi connectivity index (χ3v) is 8.46. The highest BCUT2D eigenvalue weighted by atomic mass is 32.1. The molecule has 1 atom stereocenters. The van der Waals surface area contributed by atoms with Crippen molar-refractivity contribution in [3.63, 3.8) is 0 Å². The van der Waals surface area contributed by atoms with Gasteiger partial charge in [0.05, 0.1) is 34.7 Å². The minimum absolute atomic E-state index is 0.0796. The first-order valence-corrected chi connectivity index (χ1v) is 13.2. The number of carbonyl (C=O) groups is 2. The Morgan fingerprint density at radius 2 is 1.95 bits per heavy atom. The summed E-state index contributed by atoms with van der Waals surface area (Å²) in [5.74, 6) is -1.08. The number of aryl methyl sites for hydroxylation is 1. The maximum Gasteiger partial charge on any atom is 0.341 e. The molecule has 0 saturated carbocycles. The van der Waals surface area contributed by atoms with Crippen molar-refractivity contribution in [1.29, 1.82) is 5.26 Å². The molecule has 9 nitrogen and oxygen atoms in total. The molecule has 1 aromatic carbocycles. The molecule has 3 aliphatic rings. The van der Waals surface area contributed by atoms with Gasteiger partial charge in [0.1, 0.15) is 10.8 Å². The molecule has 2 aliphatic carbocycles. The Morgan fingerprint density at radius 3 is 2.62 bits per heavy atom. The van der Waals surface area contributed by atoms with Gasteiger partial charge < -0.3 is 10.5 Å². The zero-order chi connectivity index (χ0) is 26.3. The maximum atomic E-state index is 13.4. The van der Waals surface area contributed by atoms with Gasteiger partial charge in [-0.15, -0.1) is 11.3 Å². The van der Waals surface area contributed by atoms with E-state index >= 15 is 0 Å². The maximum absolute atomic E-state index is 13.4. The van der Waals surface area contributed by atoms with Crippen molar-refractivity contribution in [3.05, 3.63) is 78.6 Å². The Morgan fingerprint density at radius 1 is 1.22 bits per heavy atom. The minimum atomic E-state index is -0.731. The first-order valence-electron chi connectivity index (χ1n) is 12.4. The fraction of sp³-hybridized carbons (Fsp3) is 0.370. The normalized spacial score (nSPS) is 19.3. The summed E-state index contributed by atoms with van der Waals surface area (Å²) in [7, 11) is 0. The Hall–Kier alpha value is -3.97. The molecule has 10 heteroatoms. The number of thiophene rings is 1. The number of benzene rings is 1. The highest BCUT2D eigenvalue weighted by Gasteiger charge is 2.42. The predicted molar refractivity (Wildman–Crippen MR) is 138 cm³/mol. The Balaban J connectivity index is 1.73. The first-order chi connectivity index (χ1) is 17.9. The number of non-ortho nitro benzene ring substituents is 1. The van der Waals surface area contributed by atoms with E-state index in [4.69, 9.17) is 10.5 Å². The van der Waals surface area contributed by atoms with Crippen LogP contribution in [0.15, 0.2) is 46.9 Å². The van der Waals surface area contributed by atoms with E-state index in [1.165, 1.54) is 23.5 Å². The largest absolute Gasteiger partial charge is 0.462 e. The summed E-state index contributed by atoms with van der Waals surface area (Å²) in [5, 5.41) is 22.0. The molecule has 1 aliphatic heterocycles. The number of hydrogen-bond donors (Lipinski definition) is 1. The summed E-state index contributed by atoms with van der Waals surface area (Å²) in [6.07, 6.45) is 5.12. The number of nitriles is 1. The lowest BCUT2D eigenvalue weighted by Gasteiger charge is -2.39. The smallest absolute Gasteiger partial charge is 0.341 e. The number of hydrogen-bond acceptors (Lipinski definition) is 9. The number of anilines is 1. The van der Waals surface area contributed by atoms with Crippen LogP contribution in [-0.4, -0.2) is 23.3 Å². The van der Waals surface area contributed by atoms with Crippen LogP contribution in [0.1, 0.15) is 71.3 Å². The fourth-order valence-electron chi connectivity index (χ4n) is 5.56. The van der Waals surface area contributed by atoms with E-state index < -0.39 is 16.8 Å². The molecule has 190 valence electrons. The summed E-state index contributed by atoms with van der Waals surface area (Å²) in [4.78, 5) is 40.1. The van der Waals surface area contributed by atoms with Crippen LogP contribution in [0.3, 0.4) is 0 Å². The molecule has 2 heterocycles. The van der Waals surface area contributed by atoms with Crippen molar-refractivity contribution in [1.82, 2.24) is 0 Å². The van der Waals surface area contributed by atoms with E-state index in [1.807, 2.05) is 0 Å².